The minimum atomic E-state index is 1.12. The van der Waals surface area contributed by atoms with Crippen molar-refractivity contribution < 1.29 is 0 Å². The fourth-order valence-electron chi connectivity index (χ4n) is 8.96. The summed E-state index contributed by atoms with van der Waals surface area (Å²) < 4.78 is 0. The number of rotatable bonds is 6. The van der Waals surface area contributed by atoms with E-state index in [1.807, 2.05) is 0 Å². The number of hydrogen-bond acceptors (Lipinski definition) is 1. The summed E-state index contributed by atoms with van der Waals surface area (Å²) in [5.41, 5.74) is 10.7. The maximum atomic E-state index is 2.46. The van der Waals surface area contributed by atoms with Gasteiger partial charge >= 0.3 is 0 Å². The number of para-hydroxylation sites is 2. The van der Waals surface area contributed by atoms with Gasteiger partial charge in [0.15, 0.2) is 0 Å². The highest BCUT2D eigenvalue weighted by Crippen LogP contribution is 2.50. The molecule has 0 atom stereocenters. The highest BCUT2D eigenvalue weighted by Gasteiger charge is 2.23. The normalized spacial score (nSPS) is 11.5. The summed E-state index contributed by atoms with van der Waals surface area (Å²) in [5.74, 6) is 0. The van der Waals surface area contributed by atoms with Gasteiger partial charge in [-0.1, -0.05) is 170 Å². The maximum absolute atomic E-state index is 2.46. The molecule has 0 spiro atoms. The molecule has 0 bridgehead atoms. The lowest BCUT2D eigenvalue weighted by Crippen LogP contribution is -2.09. The standard InChI is InChI=1S/C56H37N/c1-4-18-40(19-5-1)51-37-52(43-30-28-38-16-10-12-20-41(38)34-43)55-49-27-15-14-26-48(49)53-36-47(57(45-22-6-2-7-23-45)46-24-8-3-9-25-46)32-33-50(53)56(55)54(51)44-31-29-39-17-11-13-21-42(39)35-44/h1-37H. The first-order valence-corrected chi connectivity index (χ1v) is 19.7. The molecule has 11 aromatic carbocycles. The molecule has 0 saturated heterocycles. The van der Waals surface area contributed by atoms with Crippen molar-refractivity contribution in [1.29, 1.82) is 0 Å². The van der Waals surface area contributed by atoms with Crippen LogP contribution in [0.15, 0.2) is 224 Å². The molecule has 11 aromatic rings. The van der Waals surface area contributed by atoms with E-state index in [1.54, 1.807) is 0 Å². The van der Waals surface area contributed by atoms with E-state index in [-0.39, 0.29) is 0 Å². The van der Waals surface area contributed by atoms with Gasteiger partial charge in [-0.15, -0.1) is 0 Å². The van der Waals surface area contributed by atoms with Crippen LogP contribution in [0, 0.1) is 0 Å². The molecule has 0 fully saturated rings. The molecule has 266 valence electrons. The third-order valence-corrected chi connectivity index (χ3v) is 11.6. The van der Waals surface area contributed by atoms with Crippen LogP contribution < -0.4 is 4.90 Å². The van der Waals surface area contributed by atoms with Crippen LogP contribution in [0.5, 0.6) is 0 Å². The number of nitrogens with zero attached hydrogens (tertiary/aromatic N) is 1. The molecule has 57 heavy (non-hydrogen) atoms. The molecule has 1 nitrogen and oxygen atoms in total. The van der Waals surface area contributed by atoms with E-state index < -0.39 is 0 Å². The largest absolute Gasteiger partial charge is 0.310 e. The zero-order valence-corrected chi connectivity index (χ0v) is 31.3. The summed E-state index contributed by atoms with van der Waals surface area (Å²) in [5, 5.41) is 12.4. The number of hydrogen-bond donors (Lipinski definition) is 0. The predicted molar refractivity (Wildman–Crippen MR) is 245 cm³/mol. The van der Waals surface area contributed by atoms with Gasteiger partial charge in [-0.3, -0.25) is 0 Å². The highest BCUT2D eigenvalue weighted by atomic mass is 15.1. The summed E-state index contributed by atoms with van der Waals surface area (Å²) in [4.78, 5) is 2.36. The van der Waals surface area contributed by atoms with Crippen LogP contribution in [-0.2, 0) is 0 Å². The highest BCUT2D eigenvalue weighted by molar-refractivity contribution is 6.33. The van der Waals surface area contributed by atoms with Gasteiger partial charge in [0.1, 0.15) is 0 Å². The van der Waals surface area contributed by atoms with Gasteiger partial charge in [0, 0.05) is 17.1 Å². The molecule has 0 aliphatic carbocycles. The predicted octanol–water partition coefficient (Wildman–Crippen LogP) is 15.9. The van der Waals surface area contributed by atoms with E-state index in [1.165, 1.54) is 87.2 Å². The van der Waals surface area contributed by atoms with Gasteiger partial charge in [0.05, 0.1) is 0 Å². The Labute approximate surface area is 332 Å². The van der Waals surface area contributed by atoms with Gasteiger partial charge in [-0.25, -0.2) is 0 Å². The maximum Gasteiger partial charge on any atom is 0.0468 e. The Morgan fingerprint density at radius 3 is 1.40 bits per heavy atom. The zero-order valence-electron chi connectivity index (χ0n) is 31.3. The van der Waals surface area contributed by atoms with Crippen molar-refractivity contribution in [2.75, 3.05) is 4.90 Å². The number of benzene rings is 11. The first-order valence-electron chi connectivity index (χ1n) is 19.7. The van der Waals surface area contributed by atoms with Crippen LogP contribution in [0.1, 0.15) is 0 Å². The van der Waals surface area contributed by atoms with Crippen molar-refractivity contribution >= 4 is 70.9 Å². The minimum absolute atomic E-state index is 1.12. The topological polar surface area (TPSA) is 3.24 Å². The van der Waals surface area contributed by atoms with Crippen molar-refractivity contribution in [3.63, 3.8) is 0 Å². The van der Waals surface area contributed by atoms with Crippen LogP contribution in [0.2, 0.25) is 0 Å². The molecule has 0 aliphatic heterocycles. The molecular formula is C56H37N. The summed E-state index contributed by atoms with van der Waals surface area (Å²) in [7, 11) is 0. The van der Waals surface area contributed by atoms with E-state index in [0.717, 1.165) is 17.1 Å². The Bertz CT molecular complexity index is 3240. The summed E-state index contributed by atoms with van der Waals surface area (Å²) in [6.07, 6.45) is 0. The fraction of sp³-hybridized carbons (Fsp3) is 0. The first kappa shape index (κ1) is 32.9. The Morgan fingerprint density at radius 1 is 0.246 bits per heavy atom. The second-order valence-corrected chi connectivity index (χ2v) is 14.9. The van der Waals surface area contributed by atoms with Gasteiger partial charge in [0.2, 0.25) is 0 Å². The lowest BCUT2D eigenvalue weighted by atomic mass is 9.81. The molecule has 0 amide bonds. The van der Waals surface area contributed by atoms with Gasteiger partial charge in [-0.05, 0) is 142 Å². The Morgan fingerprint density at radius 2 is 0.754 bits per heavy atom. The van der Waals surface area contributed by atoms with Crippen LogP contribution >= 0.6 is 0 Å². The van der Waals surface area contributed by atoms with E-state index in [2.05, 4.69) is 229 Å². The van der Waals surface area contributed by atoms with Crippen molar-refractivity contribution in [3.05, 3.63) is 224 Å². The summed E-state index contributed by atoms with van der Waals surface area (Å²) >= 11 is 0. The van der Waals surface area contributed by atoms with Gasteiger partial charge < -0.3 is 4.90 Å². The van der Waals surface area contributed by atoms with Crippen LogP contribution in [0.25, 0.3) is 87.2 Å². The second-order valence-electron chi connectivity index (χ2n) is 14.9. The summed E-state index contributed by atoms with van der Waals surface area (Å²) in [6.45, 7) is 0. The molecule has 0 aliphatic rings. The van der Waals surface area contributed by atoms with E-state index in [0.29, 0.717) is 0 Å². The summed E-state index contributed by atoms with van der Waals surface area (Å²) in [6, 6.07) is 82.2. The molecular weight excluding hydrogens is 687 g/mol. The molecule has 0 radical (unpaired) electrons. The molecule has 0 heterocycles. The monoisotopic (exact) mass is 723 g/mol. The minimum Gasteiger partial charge on any atom is -0.310 e. The van der Waals surface area contributed by atoms with Crippen molar-refractivity contribution in [2.24, 2.45) is 0 Å². The van der Waals surface area contributed by atoms with Crippen molar-refractivity contribution in [3.8, 4) is 33.4 Å². The lowest BCUT2D eigenvalue weighted by Gasteiger charge is -2.27. The van der Waals surface area contributed by atoms with Crippen molar-refractivity contribution in [2.45, 2.75) is 0 Å². The number of anilines is 3. The Kier molecular flexibility index (Phi) is 7.89. The Hall–Kier alpha value is -7.48. The third-order valence-electron chi connectivity index (χ3n) is 11.6. The number of fused-ring (bicyclic) bond motifs is 8. The molecule has 0 unspecified atom stereocenters. The van der Waals surface area contributed by atoms with E-state index >= 15 is 0 Å². The lowest BCUT2D eigenvalue weighted by molar-refractivity contribution is 1.29. The quantitative estimate of drug-likeness (QED) is 0.154. The van der Waals surface area contributed by atoms with Crippen LogP contribution in [0.4, 0.5) is 17.1 Å². The molecule has 0 N–H and O–H groups in total. The van der Waals surface area contributed by atoms with Gasteiger partial charge in [0.25, 0.3) is 0 Å². The van der Waals surface area contributed by atoms with Crippen LogP contribution in [0.3, 0.4) is 0 Å². The molecule has 1 heteroatoms. The fourth-order valence-corrected chi connectivity index (χ4v) is 8.96. The smallest absolute Gasteiger partial charge is 0.0468 e. The molecule has 0 aromatic heterocycles. The van der Waals surface area contributed by atoms with E-state index in [9.17, 15) is 0 Å². The second kappa shape index (κ2) is 13.7. The molecule has 11 rings (SSSR count). The SMILES string of the molecule is c1ccc(-c2cc(-c3ccc4ccccc4c3)c3c4ccccc4c4cc(N(c5ccccc5)c5ccccc5)ccc4c3c2-c2ccc3ccccc3c2)cc1. The Balaban J connectivity index is 1.32. The zero-order chi connectivity index (χ0) is 37.7. The van der Waals surface area contributed by atoms with E-state index in [4.69, 9.17) is 0 Å². The third kappa shape index (κ3) is 5.63. The van der Waals surface area contributed by atoms with Gasteiger partial charge in [-0.2, -0.15) is 0 Å². The molecule has 0 saturated carbocycles. The first-order chi connectivity index (χ1) is 28.3. The average Bonchev–Trinajstić information content (AvgIpc) is 3.29. The van der Waals surface area contributed by atoms with Crippen LogP contribution in [-0.4, -0.2) is 0 Å². The average molecular weight is 724 g/mol. The van der Waals surface area contributed by atoms with Crippen molar-refractivity contribution in [1.82, 2.24) is 0 Å².